The molecule has 2 atom stereocenters. The monoisotopic (exact) mass is 369 g/mol. The number of hydrogen-bond donors (Lipinski definition) is 1. The van der Waals surface area contributed by atoms with Gasteiger partial charge in [-0.3, -0.25) is 4.79 Å². The van der Waals surface area contributed by atoms with Crippen molar-refractivity contribution in [2.75, 3.05) is 7.11 Å². The first-order valence-corrected chi connectivity index (χ1v) is 9.31. The third-order valence-corrected chi connectivity index (χ3v) is 4.69. The maximum atomic E-state index is 12.9. The molecule has 0 saturated carbocycles. The quantitative estimate of drug-likeness (QED) is 0.826. The van der Waals surface area contributed by atoms with Crippen LogP contribution in [-0.2, 0) is 4.79 Å². The molecule has 2 aromatic carbocycles. The van der Waals surface area contributed by atoms with E-state index in [4.69, 9.17) is 14.2 Å². The van der Waals surface area contributed by atoms with E-state index in [1.807, 2.05) is 69.3 Å². The van der Waals surface area contributed by atoms with Gasteiger partial charge in [0.1, 0.15) is 22.8 Å². The Morgan fingerprint density at radius 3 is 2.52 bits per heavy atom. The third kappa shape index (κ3) is 4.54. The van der Waals surface area contributed by atoms with Crippen LogP contribution in [0.25, 0.3) is 0 Å². The van der Waals surface area contributed by atoms with E-state index in [1.54, 1.807) is 7.11 Å². The number of rotatable bonds is 6. The number of amides is 1. The lowest BCUT2D eigenvalue weighted by Crippen LogP contribution is -2.45. The Kier molecular flexibility index (Phi) is 5.59. The fraction of sp³-hybridized carbons (Fsp3) is 0.409. The predicted molar refractivity (Wildman–Crippen MR) is 104 cm³/mol. The summed E-state index contributed by atoms with van der Waals surface area (Å²) in [5.41, 5.74) is 0.662. The number of para-hydroxylation sites is 1. The van der Waals surface area contributed by atoms with Crippen LogP contribution in [0.1, 0.15) is 45.2 Å². The molecule has 2 aromatic rings. The number of carbonyl (C=O) groups excluding carboxylic acids is 1. The van der Waals surface area contributed by atoms with Crippen LogP contribution in [0.4, 0.5) is 0 Å². The highest BCUT2D eigenvalue weighted by atomic mass is 16.5. The minimum absolute atomic E-state index is 0.106. The SMILES string of the molecule is CC[C@@H](Oc1ccc(OC)cc1)C(=O)N[C@@H]1CC(C)(C)Oc2ccccc21. The third-order valence-electron chi connectivity index (χ3n) is 4.69. The van der Waals surface area contributed by atoms with Gasteiger partial charge in [0.2, 0.25) is 0 Å². The van der Waals surface area contributed by atoms with E-state index in [0.29, 0.717) is 18.6 Å². The van der Waals surface area contributed by atoms with Crippen molar-refractivity contribution in [3.05, 3.63) is 54.1 Å². The number of carbonyl (C=O) groups is 1. The van der Waals surface area contributed by atoms with Crippen LogP contribution >= 0.6 is 0 Å². The molecule has 144 valence electrons. The average Bonchev–Trinajstić information content (AvgIpc) is 2.65. The van der Waals surface area contributed by atoms with Crippen LogP contribution in [-0.4, -0.2) is 24.7 Å². The Labute approximate surface area is 160 Å². The van der Waals surface area contributed by atoms with Gasteiger partial charge in [0.15, 0.2) is 6.10 Å². The minimum atomic E-state index is -0.559. The van der Waals surface area contributed by atoms with E-state index in [1.165, 1.54) is 0 Å². The standard InChI is InChI=1S/C22H27NO4/c1-5-19(26-16-12-10-15(25-4)11-13-16)21(24)23-18-14-22(2,3)27-20-9-7-6-8-17(18)20/h6-13,18-19H,5,14H2,1-4H3,(H,23,24)/t18-,19-/m1/s1. The van der Waals surface area contributed by atoms with Crippen molar-refractivity contribution in [1.29, 1.82) is 0 Å². The van der Waals surface area contributed by atoms with Crippen molar-refractivity contribution in [3.63, 3.8) is 0 Å². The molecular weight excluding hydrogens is 342 g/mol. The van der Waals surface area contributed by atoms with Crippen LogP contribution < -0.4 is 19.5 Å². The number of hydrogen-bond acceptors (Lipinski definition) is 4. The second-order valence-electron chi connectivity index (χ2n) is 7.36. The fourth-order valence-corrected chi connectivity index (χ4v) is 3.34. The van der Waals surface area contributed by atoms with Crippen LogP contribution in [0.2, 0.25) is 0 Å². The molecule has 1 amide bonds. The van der Waals surface area contributed by atoms with Crippen LogP contribution in [0.15, 0.2) is 48.5 Å². The summed E-state index contributed by atoms with van der Waals surface area (Å²) in [5, 5.41) is 3.16. The van der Waals surface area contributed by atoms with Gasteiger partial charge < -0.3 is 19.5 Å². The Morgan fingerprint density at radius 1 is 1.19 bits per heavy atom. The van der Waals surface area contributed by atoms with E-state index in [2.05, 4.69) is 5.32 Å². The Hall–Kier alpha value is -2.69. The summed E-state index contributed by atoms with van der Waals surface area (Å²) >= 11 is 0. The largest absolute Gasteiger partial charge is 0.497 e. The highest BCUT2D eigenvalue weighted by Crippen LogP contribution is 2.39. The van der Waals surface area contributed by atoms with E-state index >= 15 is 0 Å². The molecule has 0 unspecified atom stereocenters. The molecule has 1 heterocycles. The summed E-state index contributed by atoms with van der Waals surface area (Å²) in [6.45, 7) is 6.01. The lowest BCUT2D eigenvalue weighted by Gasteiger charge is -2.38. The van der Waals surface area contributed by atoms with E-state index < -0.39 is 6.10 Å². The molecule has 1 aliphatic rings. The summed E-state index contributed by atoms with van der Waals surface area (Å²) < 4.78 is 17.1. The van der Waals surface area contributed by atoms with Crippen LogP contribution in [0, 0.1) is 0 Å². The maximum Gasteiger partial charge on any atom is 0.261 e. The van der Waals surface area contributed by atoms with Crippen LogP contribution in [0.5, 0.6) is 17.2 Å². The van der Waals surface area contributed by atoms with Crippen molar-refractivity contribution < 1.29 is 19.0 Å². The molecule has 0 aliphatic carbocycles. The average molecular weight is 369 g/mol. The molecule has 1 N–H and O–H groups in total. The first kappa shape index (κ1) is 19.1. The predicted octanol–water partition coefficient (Wildman–Crippen LogP) is 4.27. The van der Waals surface area contributed by atoms with E-state index in [0.717, 1.165) is 17.1 Å². The number of nitrogens with one attached hydrogen (secondary N) is 1. The zero-order valence-corrected chi connectivity index (χ0v) is 16.3. The van der Waals surface area contributed by atoms with Crippen molar-refractivity contribution >= 4 is 5.91 Å². The van der Waals surface area contributed by atoms with Crippen molar-refractivity contribution in [3.8, 4) is 17.2 Å². The first-order valence-electron chi connectivity index (χ1n) is 9.31. The maximum absolute atomic E-state index is 12.9. The van der Waals surface area contributed by atoms with Gasteiger partial charge in [0, 0.05) is 12.0 Å². The number of benzene rings is 2. The number of methoxy groups -OCH3 is 1. The second kappa shape index (κ2) is 7.91. The topological polar surface area (TPSA) is 56.8 Å². The Bertz CT molecular complexity index is 785. The lowest BCUT2D eigenvalue weighted by atomic mass is 9.89. The second-order valence-corrected chi connectivity index (χ2v) is 7.36. The summed E-state index contributed by atoms with van der Waals surface area (Å²) in [4.78, 5) is 12.9. The van der Waals surface area contributed by atoms with Gasteiger partial charge in [-0.1, -0.05) is 25.1 Å². The number of fused-ring (bicyclic) bond motifs is 1. The molecule has 27 heavy (non-hydrogen) atoms. The normalized spacial score (nSPS) is 18.6. The molecular formula is C22H27NO4. The molecule has 5 nitrogen and oxygen atoms in total. The minimum Gasteiger partial charge on any atom is -0.497 e. The molecule has 0 aromatic heterocycles. The zero-order valence-electron chi connectivity index (χ0n) is 16.3. The molecule has 0 saturated heterocycles. The fourth-order valence-electron chi connectivity index (χ4n) is 3.34. The summed E-state index contributed by atoms with van der Waals surface area (Å²) in [6.07, 6.45) is 0.720. The lowest BCUT2D eigenvalue weighted by molar-refractivity contribution is -0.129. The smallest absolute Gasteiger partial charge is 0.261 e. The summed E-state index contributed by atoms with van der Waals surface area (Å²) in [7, 11) is 1.62. The Morgan fingerprint density at radius 2 is 1.85 bits per heavy atom. The van der Waals surface area contributed by atoms with Crippen molar-refractivity contribution in [1.82, 2.24) is 5.32 Å². The van der Waals surface area contributed by atoms with Gasteiger partial charge in [0.25, 0.3) is 5.91 Å². The van der Waals surface area contributed by atoms with Crippen molar-refractivity contribution in [2.24, 2.45) is 0 Å². The highest BCUT2D eigenvalue weighted by Gasteiger charge is 2.35. The van der Waals surface area contributed by atoms with E-state index in [-0.39, 0.29) is 17.6 Å². The summed E-state index contributed by atoms with van der Waals surface area (Å²) in [6, 6.07) is 15.0. The van der Waals surface area contributed by atoms with Gasteiger partial charge in [-0.2, -0.15) is 0 Å². The highest BCUT2D eigenvalue weighted by molar-refractivity contribution is 5.81. The molecule has 5 heteroatoms. The Balaban J connectivity index is 1.72. The van der Waals surface area contributed by atoms with Gasteiger partial charge in [-0.25, -0.2) is 0 Å². The van der Waals surface area contributed by atoms with Gasteiger partial charge in [0.05, 0.1) is 13.2 Å². The first-order chi connectivity index (χ1) is 12.9. The van der Waals surface area contributed by atoms with Crippen molar-refractivity contribution in [2.45, 2.75) is 51.4 Å². The molecule has 0 radical (unpaired) electrons. The van der Waals surface area contributed by atoms with Gasteiger partial charge in [-0.15, -0.1) is 0 Å². The molecule has 0 fully saturated rings. The van der Waals surface area contributed by atoms with E-state index in [9.17, 15) is 4.79 Å². The molecule has 0 bridgehead atoms. The molecule has 1 aliphatic heterocycles. The van der Waals surface area contributed by atoms with Crippen LogP contribution in [0.3, 0.4) is 0 Å². The summed E-state index contributed by atoms with van der Waals surface area (Å²) in [5.74, 6) is 2.10. The number of ether oxygens (including phenoxy) is 3. The zero-order chi connectivity index (χ0) is 19.4. The van der Waals surface area contributed by atoms with Gasteiger partial charge >= 0.3 is 0 Å². The molecule has 3 rings (SSSR count). The van der Waals surface area contributed by atoms with Gasteiger partial charge in [-0.05, 0) is 50.6 Å². The molecule has 0 spiro atoms.